The van der Waals surface area contributed by atoms with Gasteiger partial charge in [-0.25, -0.2) is 0 Å². The fraction of sp³-hybridized carbons (Fsp3) is 0.368. The van der Waals surface area contributed by atoms with E-state index in [1.54, 1.807) is 7.11 Å². The second-order valence-electron chi connectivity index (χ2n) is 5.41. The zero-order valence-corrected chi connectivity index (χ0v) is 14.3. The molecule has 2 rings (SSSR count). The Morgan fingerprint density at radius 2 is 1.65 bits per heavy atom. The van der Waals surface area contributed by atoms with Crippen LogP contribution in [-0.2, 0) is 6.54 Å². The molecule has 0 aliphatic rings. The van der Waals surface area contributed by atoms with Crippen molar-refractivity contribution >= 4 is 0 Å². The summed E-state index contributed by atoms with van der Waals surface area (Å²) >= 11 is 0. The lowest BCUT2D eigenvalue weighted by Gasteiger charge is -2.14. The summed E-state index contributed by atoms with van der Waals surface area (Å²) in [5, 5.41) is 3.13. The van der Waals surface area contributed by atoms with E-state index >= 15 is 0 Å². The molecule has 23 heavy (non-hydrogen) atoms. The highest BCUT2D eigenvalue weighted by atomic mass is 16.5. The number of benzene rings is 2. The topological polar surface area (TPSA) is 39.7 Å². The number of hydrogen-bond donors (Lipinski definition) is 1. The Morgan fingerprint density at radius 1 is 0.913 bits per heavy atom. The first-order chi connectivity index (χ1) is 11.2. The van der Waals surface area contributed by atoms with Gasteiger partial charge in [0.05, 0.1) is 7.11 Å². The van der Waals surface area contributed by atoms with Gasteiger partial charge in [-0.15, -0.1) is 0 Å². The molecule has 4 heteroatoms. The summed E-state index contributed by atoms with van der Waals surface area (Å²) < 4.78 is 17.0. The average Bonchev–Trinajstić information content (AvgIpc) is 2.56. The molecule has 0 heterocycles. The molecule has 0 atom stereocenters. The fourth-order valence-corrected chi connectivity index (χ4v) is 2.33. The van der Waals surface area contributed by atoms with Gasteiger partial charge < -0.3 is 19.5 Å². The summed E-state index contributed by atoms with van der Waals surface area (Å²) in [6, 6.07) is 12.0. The highest BCUT2D eigenvalue weighted by molar-refractivity contribution is 5.43. The lowest BCUT2D eigenvalue weighted by atomic mass is 10.1. The predicted octanol–water partition coefficient (Wildman–Crippen LogP) is 3.49. The molecule has 2 aromatic rings. The molecule has 0 saturated carbocycles. The van der Waals surface area contributed by atoms with Crippen molar-refractivity contribution in [3.05, 3.63) is 53.1 Å². The molecule has 124 valence electrons. The van der Waals surface area contributed by atoms with E-state index in [-0.39, 0.29) is 0 Å². The lowest BCUT2D eigenvalue weighted by Crippen LogP contribution is -2.11. The van der Waals surface area contributed by atoms with Gasteiger partial charge >= 0.3 is 0 Å². The van der Waals surface area contributed by atoms with E-state index in [4.69, 9.17) is 14.2 Å². The van der Waals surface area contributed by atoms with E-state index in [0.29, 0.717) is 13.2 Å². The number of nitrogens with one attached hydrogen (secondary N) is 1. The normalized spacial score (nSPS) is 10.4. The molecule has 0 unspecified atom stereocenters. The summed E-state index contributed by atoms with van der Waals surface area (Å²) in [7, 11) is 3.56. The van der Waals surface area contributed by atoms with Crippen LogP contribution in [0.25, 0.3) is 0 Å². The van der Waals surface area contributed by atoms with Crippen molar-refractivity contribution < 1.29 is 14.2 Å². The minimum absolute atomic E-state index is 0.465. The Kier molecular flexibility index (Phi) is 6.29. The highest BCUT2D eigenvalue weighted by Gasteiger charge is 2.06. The van der Waals surface area contributed by atoms with Crippen LogP contribution in [0.4, 0.5) is 0 Å². The minimum atomic E-state index is 0.465. The zero-order chi connectivity index (χ0) is 16.7. The van der Waals surface area contributed by atoms with Crippen LogP contribution in [-0.4, -0.2) is 27.4 Å². The second kappa shape index (κ2) is 8.44. The first-order valence-electron chi connectivity index (χ1n) is 7.79. The van der Waals surface area contributed by atoms with Gasteiger partial charge in [0.25, 0.3) is 0 Å². The summed E-state index contributed by atoms with van der Waals surface area (Å²) in [6.45, 7) is 5.89. The maximum Gasteiger partial charge on any atom is 0.161 e. The maximum atomic E-state index is 5.83. The van der Waals surface area contributed by atoms with Crippen molar-refractivity contribution in [2.24, 2.45) is 0 Å². The molecule has 1 N–H and O–H groups in total. The van der Waals surface area contributed by atoms with Gasteiger partial charge in [-0.3, -0.25) is 0 Å². The molecule has 4 nitrogen and oxygen atoms in total. The monoisotopic (exact) mass is 315 g/mol. The first kappa shape index (κ1) is 17.2. The van der Waals surface area contributed by atoms with Gasteiger partial charge in [0, 0.05) is 6.54 Å². The summed E-state index contributed by atoms with van der Waals surface area (Å²) in [4.78, 5) is 0. The smallest absolute Gasteiger partial charge is 0.161 e. The largest absolute Gasteiger partial charge is 0.493 e. The van der Waals surface area contributed by atoms with E-state index in [9.17, 15) is 0 Å². The number of hydrogen-bond acceptors (Lipinski definition) is 4. The summed E-state index contributed by atoms with van der Waals surface area (Å²) in [6.07, 6.45) is 0. The molecule has 0 aliphatic heterocycles. The number of ether oxygens (including phenoxy) is 3. The van der Waals surface area contributed by atoms with Gasteiger partial charge in [-0.05, 0) is 55.8 Å². The Balaban J connectivity index is 1.93. The van der Waals surface area contributed by atoms with Crippen LogP contribution in [0, 0.1) is 13.8 Å². The third-order valence-electron chi connectivity index (χ3n) is 3.76. The molecule has 2 aromatic carbocycles. The molecule has 0 bridgehead atoms. The molecule has 0 fully saturated rings. The van der Waals surface area contributed by atoms with Crippen molar-refractivity contribution in [2.75, 3.05) is 27.4 Å². The van der Waals surface area contributed by atoms with E-state index < -0.39 is 0 Å². The SMILES string of the molecule is CNCc1ccc(OC)c(OCCOc2cccc(C)c2C)c1. The van der Waals surface area contributed by atoms with Gasteiger partial charge in [0.1, 0.15) is 19.0 Å². The van der Waals surface area contributed by atoms with Crippen molar-refractivity contribution in [1.29, 1.82) is 0 Å². The van der Waals surface area contributed by atoms with Gasteiger partial charge in [-0.1, -0.05) is 18.2 Å². The van der Waals surface area contributed by atoms with E-state index in [1.165, 1.54) is 11.1 Å². The van der Waals surface area contributed by atoms with Crippen molar-refractivity contribution in [1.82, 2.24) is 5.32 Å². The van der Waals surface area contributed by atoms with Crippen LogP contribution in [0.1, 0.15) is 16.7 Å². The average molecular weight is 315 g/mol. The van der Waals surface area contributed by atoms with Gasteiger partial charge in [0.2, 0.25) is 0 Å². The second-order valence-corrected chi connectivity index (χ2v) is 5.41. The predicted molar refractivity (Wildman–Crippen MR) is 92.7 cm³/mol. The van der Waals surface area contributed by atoms with Crippen LogP contribution >= 0.6 is 0 Å². The first-order valence-corrected chi connectivity index (χ1v) is 7.79. The van der Waals surface area contributed by atoms with E-state index in [1.807, 2.05) is 37.4 Å². The van der Waals surface area contributed by atoms with Crippen LogP contribution in [0.2, 0.25) is 0 Å². The Morgan fingerprint density at radius 3 is 2.35 bits per heavy atom. The minimum Gasteiger partial charge on any atom is -0.493 e. The molecule has 0 radical (unpaired) electrons. The lowest BCUT2D eigenvalue weighted by molar-refractivity contribution is 0.210. The Bertz CT molecular complexity index is 641. The van der Waals surface area contributed by atoms with Crippen molar-refractivity contribution in [3.8, 4) is 17.2 Å². The molecular formula is C19H25NO3. The summed E-state index contributed by atoms with van der Waals surface area (Å²) in [5.74, 6) is 2.38. The third-order valence-corrected chi connectivity index (χ3v) is 3.76. The number of aryl methyl sites for hydroxylation is 1. The molecular weight excluding hydrogens is 290 g/mol. The van der Waals surface area contributed by atoms with E-state index in [2.05, 4.69) is 25.2 Å². The fourth-order valence-electron chi connectivity index (χ4n) is 2.33. The number of rotatable bonds is 8. The summed E-state index contributed by atoms with van der Waals surface area (Å²) in [5.41, 5.74) is 3.55. The van der Waals surface area contributed by atoms with Gasteiger partial charge in [-0.2, -0.15) is 0 Å². The maximum absolute atomic E-state index is 5.83. The zero-order valence-electron chi connectivity index (χ0n) is 14.3. The third kappa shape index (κ3) is 4.63. The van der Waals surface area contributed by atoms with Crippen molar-refractivity contribution in [2.45, 2.75) is 20.4 Å². The van der Waals surface area contributed by atoms with Crippen LogP contribution in [0.5, 0.6) is 17.2 Å². The van der Waals surface area contributed by atoms with Gasteiger partial charge in [0.15, 0.2) is 11.5 Å². The molecule has 0 aromatic heterocycles. The standard InChI is InChI=1S/C19H25NO3/c1-14-6-5-7-17(15(14)2)22-10-11-23-19-12-16(13-20-3)8-9-18(19)21-4/h5-9,12,20H,10-11,13H2,1-4H3. The van der Waals surface area contributed by atoms with Crippen LogP contribution < -0.4 is 19.5 Å². The van der Waals surface area contributed by atoms with Crippen LogP contribution in [0.15, 0.2) is 36.4 Å². The van der Waals surface area contributed by atoms with E-state index in [0.717, 1.165) is 29.4 Å². The Hall–Kier alpha value is -2.20. The number of methoxy groups -OCH3 is 1. The highest BCUT2D eigenvalue weighted by Crippen LogP contribution is 2.28. The quantitative estimate of drug-likeness (QED) is 0.757. The molecule has 0 spiro atoms. The molecule has 0 aliphatic carbocycles. The van der Waals surface area contributed by atoms with Crippen molar-refractivity contribution in [3.63, 3.8) is 0 Å². The Labute approximate surface area is 138 Å². The molecule has 0 amide bonds. The molecule has 0 saturated heterocycles. The van der Waals surface area contributed by atoms with Crippen LogP contribution in [0.3, 0.4) is 0 Å².